The molecule has 1 aromatic carbocycles. The van der Waals surface area contributed by atoms with E-state index in [2.05, 4.69) is 0 Å². The molecule has 0 aliphatic carbocycles. The lowest BCUT2D eigenvalue weighted by molar-refractivity contribution is -0.144. The molecule has 1 aliphatic heterocycles. The molecule has 1 N–H and O–H groups in total. The van der Waals surface area contributed by atoms with Gasteiger partial charge >= 0.3 is 5.97 Å². The predicted octanol–water partition coefficient (Wildman–Crippen LogP) is 2.42. The Morgan fingerprint density at radius 2 is 2.00 bits per heavy atom. The Morgan fingerprint density at radius 3 is 2.59 bits per heavy atom. The molecule has 1 fully saturated rings. The summed E-state index contributed by atoms with van der Waals surface area (Å²) in [6, 6.07) is 7.55. The van der Waals surface area contributed by atoms with Gasteiger partial charge in [0.25, 0.3) is 0 Å². The number of carboxylic acid groups (broad SMARTS) is 1. The molecule has 0 atom stereocenters. The third-order valence-electron chi connectivity index (χ3n) is 4.02. The monoisotopic (exact) mass is 303 g/mol. The average Bonchev–Trinajstić information content (AvgIpc) is 2.54. The summed E-state index contributed by atoms with van der Waals surface area (Å²) in [5.74, 6) is -0.410. The van der Waals surface area contributed by atoms with Crippen LogP contribution in [0.25, 0.3) is 5.57 Å². The fraction of sp³-hybridized carbons (Fsp3) is 0.412. The van der Waals surface area contributed by atoms with Crippen molar-refractivity contribution < 1.29 is 19.4 Å². The molecule has 0 unspecified atom stereocenters. The predicted molar refractivity (Wildman–Crippen MR) is 83.6 cm³/mol. The number of aliphatic carboxylic acids is 1. The minimum absolute atomic E-state index is 0.0656. The average molecular weight is 303 g/mol. The number of carbonyl (C=O) groups is 2. The van der Waals surface area contributed by atoms with Crippen LogP contribution in [0, 0.1) is 5.92 Å². The molecule has 22 heavy (non-hydrogen) atoms. The highest BCUT2D eigenvalue weighted by atomic mass is 16.5. The highest BCUT2D eigenvalue weighted by Crippen LogP contribution is 2.21. The number of ether oxygens (including phenoxy) is 1. The summed E-state index contributed by atoms with van der Waals surface area (Å²) in [6.45, 7) is 2.88. The maximum Gasteiger partial charge on any atom is 0.306 e. The first kappa shape index (κ1) is 16.1. The second-order valence-corrected chi connectivity index (χ2v) is 5.50. The number of rotatable bonds is 4. The lowest BCUT2D eigenvalue weighted by Crippen LogP contribution is -2.39. The third-order valence-corrected chi connectivity index (χ3v) is 4.02. The maximum absolute atomic E-state index is 12.3. The lowest BCUT2D eigenvalue weighted by atomic mass is 9.97. The highest BCUT2D eigenvalue weighted by Gasteiger charge is 2.26. The molecule has 1 heterocycles. The molecule has 5 nitrogen and oxygen atoms in total. The van der Waals surface area contributed by atoms with Crippen LogP contribution >= 0.6 is 0 Å². The van der Waals surface area contributed by atoms with Gasteiger partial charge in [0.2, 0.25) is 5.91 Å². The number of hydrogen-bond acceptors (Lipinski definition) is 3. The van der Waals surface area contributed by atoms with Crippen molar-refractivity contribution >= 4 is 17.4 Å². The van der Waals surface area contributed by atoms with Crippen LogP contribution in [0.4, 0.5) is 0 Å². The number of hydrogen-bond donors (Lipinski definition) is 1. The Morgan fingerprint density at radius 1 is 1.32 bits per heavy atom. The molecule has 0 saturated carbocycles. The van der Waals surface area contributed by atoms with E-state index in [4.69, 9.17) is 9.84 Å². The van der Waals surface area contributed by atoms with Gasteiger partial charge in [-0.3, -0.25) is 9.59 Å². The summed E-state index contributed by atoms with van der Waals surface area (Å²) >= 11 is 0. The van der Waals surface area contributed by atoms with Gasteiger partial charge in [0.15, 0.2) is 0 Å². The molecule has 5 heteroatoms. The standard InChI is InChI=1S/C17H21NO4/c1-12(14-4-3-5-15(11-14)22-2)10-16(19)18-8-6-13(7-9-18)17(20)21/h3-5,10-11,13H,6-9H2,1-2H3,(H,20,21). The summed E-state index contributed by atoms with van der Waals surface area (Å²) in [7, 11) is 1.61. The molecule has 0 aromatic heterocycles. The number of methoxy groups -OCH3 is 1. The molecular weight excluding hydrogens is 282 g/mol. The van der Waals surface area contributed by atoms with Gasteiger partial charge in [-0.2, -0.15) is 0 Å². The summed E-state index contributed by atoms with van der Waals surface area (Å²) in [6.07, 6.45) is 2.65. The molecule has 0 spiro atoms. The van der Waals surface area contributed by atoms with Crippen LogP contribution in [-0.2, 0) is 9.59 Å². The zero-order valence-corrected chi connectivity index (χ0v) is 12.9. The second-order valence-electron chi connectivity index (χ2n) is 5.50. The van der Waals surface area contributed by atoms with Crippen LogP contribution in [0.5, 0.6) is 5.75 Å². The fourth-order valence-electron chi connectivity index (χ4n) is 2.58. The highest BCUT2D eigenvalue weighted by molar-refractivity contribution is 5.95. The van der Waals surface area contributed by atoms with Crippen molar-refractivity contribution in [3.05, 3.63) is 35.9 Å². The van der Waals surface area contributed by atoms with Crippen LogP contribution in [0.1, 0.15) is 25.3 Å². The molecule has 1 aliphatic rings. The van der Waals surface area contributed by atoms with E-state index in [1.165, 1.54) is 0 Å². The summed E-state index contributed by atoms with van der Waals surface area (Å²) < 4.78 is 5.18. The van der Waals surface area contributed by atoms with E-state index in [9.17, 15) is 9.59 Å². The van der Waals surface area contributed by atoms with Crippen molar-refractivity contribution in [3.63, 3.8) is 0 Å². The van der Waals surface area contributed by atoms with Crippen molar-refractivity contribution in [1.29, 1.82) is 0 Å². The first-order valence-electron chi connectivity index (χ1n) is 7.35. The van der Waals surface area contributed by atoms with Gasteiger partial charge in [-0.05, 0) is 43.0 Å². The number of allylic oxidation sites excluding steroid dienone is 1. The van der Waals surface area contributed by atoms with Crippen LogP contribution in [0.15, 0.2) is 30.3 Å². The van der Waals surface area contributed by atoms with Crippen LogP contribution in [0.2, 0.25) is 0 Å². The first-order valence-corrected chi connectivity index (χ1v) is 7.35. The quantitative estimate of drug-likeness (QED) is 0.868. The first-order chi connectivity index (χ1) is 10.5. The third kappa shape index (κ3) is 3.87. The number of amides is 1. The minimum atomic E-state index is -0.768. The van der Waals surface area contributed by atoms with Crippen molar-refractivity contribution in [3.8, 4) is 5.75 Å². The maximum atomic E-state index is 12.3. The van der Waals surface area contributed by atoms with Gasteiger partial charge in [-0.25, -0.2) is 0 Å². The number of piperidine rings is 1. The van der Waals surface area contributed by atoms with Crippen LogP contribution in [-0.4, -0.2) is 42.1 Å². The van der Waals surface area contributed by atoms with E-state index in [1.54, 1.807) is 18.1 Å². The van der Waals surface area contributed by atoms with E-state index in [0.717, 1.165) is 16.9 Å². The van der Waals surface area contributed by atoms with Crippen LogP contribution < -0.4 is 4.74 Å². The number of nitrogens with zero attached hydrogens (tertiary/aromatic N) is 1. The van der Waals surface area contributed by atoms with E-state index in [-0.39, 0.29) is 11.8 Å². The SMILES string of the molecule is COc1cccc(C(C)=CC(=O)N2CCC(C(=O)O)CC2)c1. The van der Waals surface area contributed by atoms with Gasteiger partial charge in [-0.1, -0.05) is 12.1 Å². The molecular formula is C17H21NO4. The molecule has 1 amide bonds. The number of likely N-dealkylation sites (tertiary alicyclic amines) is 1. The Labute approximate surface area is 130 Å². The number of benzene rings is 1. The van der Waals surface area contributed by atoms with Gasteiger partial charge in [0.1, 0.15) is 5.75 Å². The summed E-state index contributed by atoms with van der Waals surface area (Å²) in [5, 5.41) is 8.98. The second kappa shape index (κ2) is 7.11. The van der Waals surface area contributed by atoms with E-state index >= 15 is 0 Å². The topological polar surface area (TPSA) is 66.8 Å². The van der Waals surface area contributed by atoms with Crippen molar-refractivity contribution in [2.75, 3.05) is 20.2 Å². The van der Waals surface area contributed by atoms with Crippen molar-refractivity contribution in [2.45, 2.75) is 19.8 Å². The molecule has 0 radical (unpaired) electrons. The van der Waals surface area contributed by atoms with Crippen LogP contribution in [0.3, 0.4) is 0 Å². The minimum Gasteiger partial charge on any atom is -0.497 e. The van der Waals surface area contributed by atoms with Crippen molar-refractivity contribution in [1.82, 2.24) is 4.90 Å². The zero-order valence-electron chi connectivity index (χ0n) is 12.9. The zero-order chi connectivity index (χ0) is 16.1. The van der Waals surface area contributed by atoms with Gasteiger partial charge < -0.3 is 14.7 Å². The molecule has 1 saturated heterocycles. The smallest absolute Gasteiger partial charge is 0.306 e. The molecule has 2 rings (SSSR count). The van der Waals surface area contributed by atoms with E-state index in [1.807, 2.05) is 31.2 Å². The normalized spacial score (nSPS) is 16.5. The molecule has 1 aromatic rings. The van der Waals surface area contributed by atoms with E-state index < -0.39 is 5.97 Å². The van der Waals surface area contributed by atoms with Crippen molar-refractivity contribution in [2.24, 2.45) is 5.92 Å². The molecule has 118 valence electrons. The summed E-state index contributed by atoms with van der Waals surface area (Å²) in [4.78, 5) is 24.9. The fourth-order valence-corrected chi connectivity index (χ4v) is 2.58. The molecule has 0 bridgehead atoms. The van der Waals surface area contributed by atoms with E-state index in [0.29, 0.717) is 25.9 Å². The van der Waals surface area contributed by atoms with Gasteiger partial charge in [-0.15, -0.1) is 0 Å². The Balaban J connectivity index is 2.02. The van der Waals surface area contributed by atoms with Gasteiger partial charge in [0, 0.05) is 19.2 Å². The Hall–Kier alpha value is -2.30. The largest absolute Gasteiger partial charge is 0.497 e. The number of carbonyl (C=O) groups excluding carboxylic acids is 1. The lowest BCUT2D eigenvalue weighted by Gasteiger charge is -2.29. The summed E-state index contributed by atoms with van der Waals surface area (Å²) in [5.41, 5.74) is 1.80. The Kier molecular flexibility index (Phi) is 5.20. The number of carboxylic acids is 1. The Bertz CT molecular complexity index is 586. The van der Waals surface area contributed by atoms with Gasteiger partial charge in [0.05, 0.1) is 13.0 Å².